The molecule has 0 aliphatic heterocycles. The summed E-state index contributed by atoms with van der Waals surface area (Å²) in [7, 11) is -3.97. The normalized spacial score (nSPS) is 17.3. The molecule has 0 atom stereocenters. The molecule has 0 heterocycles. The van der Waals surface area contributed by atoms with Gasteiger partial charge in [0.05, 0.1) is 10.6 Å². The highest BCUT2D eigenvalue weighted by Crippen LogP contribution is 2.34. The van der Waals surface area contributed by atoms with E-state index in [1.807, 2.05) is 0 Å². The summed E-state index contributed by atoms with van der Waals surface area (Å²) in [5.74, 6) is 5.22. The molecule has 0 saturated heterocycles. The predicted molar refractivity (Wildman–Crippen MR) is 73.5 cm³/mol. The number of anilines is 1. The molecule has 9 heteroatoms. The minimum Gasteiger partial charge on any atom is -0.324 e. The summed E-state index contributed by atoms with van der Waals surface area (Å²) in [5, 5.41) is 11.0. The van der Waals surface area contributed by atoms with Crippen LogP contribution >= 0.6 is 0 Å². The van der Waals surface area contributed by atoms with Gasteiger partial charge in [0.15, 0.2) is 4.90 Å². The molecular formula is C11H16N4O4S. The second-order valence-corrected chi connectivity index (χ2v) is 6.75. The molecule has 8 nitrogen and oxygen atoms in total. The molecule has 20 heavy (non-hydrogen) atoms. The first-order valence-electron chi connectivity index (χ1n) is 6.06. The van der Waals surface area contributed by atoms with E-state index in [2.05, 4.69) is 10.1 Å². The Morgan fingerprint density at radius 1 is 1.40 bits per heavy atom. The van der Waals surface area contributed by atoms with Crippen LogP contribution in [0.25, 0.3) is 0 Å². The number of nitro benzene ring substituents is 1. The van der Waals surface area contributed by atoms with Crippen LogP contribution in [0.15, 0.2) is 23.1 Å². The first-order valence-corrected chi connectivity index (χ1v) is 7.55. The van der Waals surface area contributed by atoms with E-state index in [4.69, 9.17) is 5.84 Å². The lowest BCUT2D eigenvalue weighted by Crippen LogP contribution is -2.50. The van der Waals surface area contributed by atoms with Crippen molar-refractivity contribution in [1.82, 2.24) is 4.72 Å². The molecule has 2 rings (SSSR count). The van der Waals surface area contributed by atoms with Crippen molar-refractivity contribution >= 4 is 21.4 Å². The van der Waals surface area contributed by atoms with Gasteiger partial charge in [-0.15, -0.1) is 0 Å². The van der Waals surface area contributed by atoms with Gasteiger partial charge >= 0.3 is 0 Å². The van der Waals surface area contributed by atoms with E-state index in [0.717, 1.165) is 31.4 Å². The fourth-order valence-corrected chi connectivity index (χ4v) is 3.82. The Labute approximate surface area is 116 Å². The van der Waals surface area contributed by atoms with Gasteiger partial charge in [0.25, 0.3) is 5.69 Å². The molecule has 0 radical (unpaired) electrons. The van der Waals surface area contributed by atoms with Crippen molar-refractivity contribution in [2.75, 3.05) is 5.43 Å². The maximum Gasteiger partial charge on any atom is 0.289 e. The van der Waals surface area contributed by atoms with Gasteiger partial charge in [-0.3, -0.25) is 16.0 Å². The van der Waals surface area contributed by atoms with Crippen LogP contribution in [0.2, 0.25) is 0 Å². The van der Waals surface area contributed by atoms with Crippen LogP contribution < -0.4 is 16.0 Å². The van der Waals surface area contributed by atoms with Crippen LogP contribution in [0.3, 0.4) is 0 Å². The zero-order valence-corrected chi connectivity index (χ0v) is 11.7. The monoisotopic (exact) mass is 300 g/mol. The van der Waals surface area contributed by atoms with E-state index in [1.165, 1.54) is 6.07 Å². The Balaban J connectivity index is 2.45. The third-order valence-electron chi connectivity index (χ3n) is 3.45. The van der Waals surface area contributed by atoms with Gasteiger partial charge in [-0.05, 0) is 38.3 Å². The molecule has 0 spiro atoms. The molecule has 0 aromatic heterocycles. The number of hydrogen-bond acceptors (Lipinski definition) is 6. The molecule has 1 aliphatic rings. The van der Waals surface area contributed by atoms with Crippen molar-refractivity contribution in [1.29, 1.82) is 0 Å². The van der Waals surface area contributed by atoms with Crippen molar-refractivity contribution < 1.29 is 13.3 Å². The molecule has 0 unspecified atom stereocenters. The molecule has 4 N–H and O–H groups in total. The summed E-state index contributed by atoms with van der Waals surface area (Å²) in [6.07, 6.45) is 2.37. The highest BCUT2D eigenvalue weighted by atomic mass is 32.2. The van der Waals surface area contributed by atoms with Gasteiger partial charge in [-0.25, -0.2) is 13.1 Å². The number of benzene rings is 1. The lowest BCUT2D eigenvalue weighted by Gasteiger charge is -2.38. The number of hydrazine groups is 1. The van der Waals surface area contributed by atoms with E-state index in [9.17, 15) is 18.5 Å². The number of nitrogens with two attached hydrogens (primary N) is 1. The Morgan fingerprint density at radius 3 is 2.50 bits per heavy atom. The standard InChI is InChI=1S/C11H16N4O4S/c1-11(5-2-6-11)14-20(18,19)10-7-8(13-12)3-4-9(10)15(16)17/h3-4,7,13-14H,2,5-6,12H2,1H3. The van der Waals surface area contributed by atoms with Crippen LogP contribution in [0.1, 0.15) is 26.2 Å². The van der Waals surface area contributed by atoms with E-state index < -0.39 is 26.2 Å². The third-order valence-corrected chi connectivity index (χ3v) is 5.12. The van der Waals surface area contributed by atoms with Gasteiger partial charge in [0.2, 0.25) is 10.0 Å². The number of sulfonamides is 1. The van der Waals surface area contributed by atoms with Gasteiger partial charge in [-0.2, -0.15) is 0 Å². The maximum absolute atomic E-state index is 12.3. The van der Waals surface area contributed by atoms with Crippen LogP contribution in [0.5, 0.6) is 0 Å². The summed E-state index contributed by atoms with van der Waals surface area (Å²) in [5.41, 5.74) is 1.57. The zero-order chi connectivity index (χ0) is 15.0. The Morgan fingerprint density at radius 2 is 2.05 bits per heavy atom. The molecule has 1 aromatic carbocycles. The maximum atomic E-state index is 12.3. The Bertz CT molecular complexity index is 640. The zero-order valence-electron chi connectivity index (χ0n) is 10.9. The molecule has 1 aromatic rings. The average molecular weight is 300 g/mol. The number of nitrogen functional groups attached to an aromatic ring is 1. The first kappa shape index (κ1) is 14.7. The van der Waals surface area contributed by atoms with Crippen molar-refractivity contribution in [3.63, 3.8) is 0 Å². The molecule has 110 valence electrons. The minimum atomic E-state index is -3.97. The van der Waals surface area contributed by atoms with E-state index in [-0.39, 0.29) is 10.6 Å². The molecule has 0 amide bonds. The van der Waals surface area contributed by atoms with Crippen molar-refractivity contribution in [2.45, 2.75) is 36.6 Å². The fraction of sp³-hybridized carbons (Fsp3) is 0.455. The largest absolute Gasteiger partial charge is 0.324 e. The molecule has 1 fully saturated rings. The lowest BCUT2D eigenvalue weighted by molar-refractivity contribution is -0.387. The SMILES string of the molecule is CC1(NS(=O)(=O)c2cc(NN)ccc2[N+](=O)[O-])CCC1. The van der Waals surface area contributed by atoms with Crippen molar-refractivity contribution in [3.05, 3.63) is 28.3 Å². The third kappa shape index (κ3) is 2.74. The number of nitrogens with one attached hydrogen (secondary N) is 2. The average Bonchev–Trinajstić information content (AvgIpc) is 2.35. The summed E-state index contributed by atoms with van der Waals surface area (Å²) >= 11 is 0. The van der Waals surface area contributed by atoms with E-state index in [1.54, 1.807) is 6.92 Å². The van der Waals surface area contributed by atoms with Gasteiger partial charge in [0, 0.05) is 11.6 Å². The van der Waals surface area contributed by atoms with E-state index >= 15 is 0 Å². The number of nitro groups is 1. The minimum absolute atomic E-state index is 0.287. The number of hydrogen-bond donors (Lipinski definition) is 3. The number of rotatable bonds is 5. The smallest absolute Gasteiger partial charge is 0.289 e. The second-order valence-electron chi connectivity index (χ2n) is 5.10. The number of nitrogens with zero attached hydrogens (tertiary/aromatic N) is 1. The first-order chi connectivity index (χ1) is 9.27. The molecule has 0 bridgehead atoms. The van der Waals surface area contributed by atoms with Crippen LogP contribution in [0.4, 0.5) is 11.4 Å². The summed E-state index contributed by atoms with van der Waals surface area (Å²) < 4.78 is 27.2. The molecule has 1 saturated carbocycles. The highest BCUT2D eigenvalue weighted by molar-refractivity contribution is 7.89. The van der Waals surface area contributed by atoms with Crippen molar-refractivity contribution in [3.8, 4) is 0 Å². The quantitative estimate of drug-likeness (QED) is 0.424. The van der Waals surface area contributed by atoms with Crippen LogP contribution in [0, 0.1) is 10.1 Å². The highest BCUT2D eigenvalue weighted by Gasteiger charge is 2.38. The van der Waals surface area contributed by atoms with Gasteiger partial charge < -0.3 is 5.43 Å². The topological polar surface area (TPSA) is 127 Å². The van der Waals surface area contributed by atoms with Gasteiger partial charge in [0.1, 0.15) is 0 Å². The van der Waals surface area contributed by atoms with Crippen LogP contribution in [-0.4, -0.2) is 18.9 Å². The summed E-state index contributed by atoms with van der Waals surface area (Å²) in [6.45, 7) is 1.78. The Kier molecular flexibility index (Phi) is 3.67. The lowest BCUT2D eigenvalue weighted by atomic mass is 9.80. The second kappa shape index (κ2) is 5.00. The summed E-state index contributed by atoms with van der Waals surface area (Å²) in [6, 6.07) is 3.62. The predicted octanol–water partition coefficient (Wildman–Crippen LogP) is 1.10. The van der Waals surface area contributed by atoms with Gasteiger partial charge in [-0.1, -0.05) is 0 Å². The van der Waals surface area contributed by atoms with Crippen LogP contribution in [-0.2, 0) is 10.0 Å². The molecule has 1 aliphatic carbocycles. The van der Waals surface area contributed by atoms with E-state index in [0.29, 0.717) is 0 Å². The fourth-order valence-electron chi connectivity index (χ4n) is 2.16. The van der Waals surface area contributed by atoms with Crippen molar-refractivity contribution in [2.24, 2.45) is 5.84 Å². The molecular weight excluding hydrogens is 284 g/mol. The summed E-state index contributed by atoms with van der Waals surface area (Å²) in [4.78, 5) is 9.87. The Hall–Kier alpha value is -1.71.